The van der Waals surface area contributed by atoms with Gasteiger partial charge in [0.2, 0.25) is 0 Å². The fraction of sp³-hybridized carbons (Fsp3) is 0.385. The zero-order valence-electron chi connectivity index (χ0n) is 10.7. The molecule has 2 aromatic rings. The number of carbonyl (C=O) groups is 1. The van der Waals surface area contributed by atoms with Crippen LogP contribution in [0.2, 0.25) is 0 Å². The van der Waals surface area contributed by atoms with Crippen molar-refractivity contribution < 1.29 is 4.79 Å². The standard InChI is InChI=1S/C13H15IN4O.ClH/c14-8-3-4-11-9(5-8)12(18-17-11)13(19)16-6-10(15)7-1-2-7;/h3-5,7,10H,1-2,6,15H2,(H,16,19)(H,17,18);1H. The first-order chi connectivity index (χ1) is 9.15. The molecule has 0 spiro atoms. The number of fused-ring (bicyclic) bond motifs is 1. The second kappa shape index (κ2) is 6.28. The molecule has 1 saturated carbocycles. The minimum atomic E-state index is -0.163. The normalized spacial score (nSPS) is 15.7. The summed E-state index contributed by atoms with van der Waals surface area (Å²) in [6.07, 6.45) is 2.36. The van der Waals surface area contributed by atoms with E-state index in [9.17, 15) is 4.79 Å². The molecule has 1 heterocycles. The van der Waals surface area contributed by atoms with E-state index in [1.165, 1.54) is 12.8 Å². The van der Waals surface area contributed by atoms with Gasteiger partial charge in [-0.05, 0) is 59.5 Å². The Labute approximate surface area is 136 Å². The number of halogens is 2. The summed E-state index contributed by atoms with van der Waals surface area (Å²) in [6, 6.07) is 5.92. The van der Waals surface area contributed by atoms with Crippen LogP contribution in [0, 0.1) is 9.49 Å². The minimum Gasteiger partial charge on any atom is -0.349 e. The maximum atomic E-state index is 12.1. The van der Waals surface area contributed by atoms with Gasteiger partial charge >= 0.3 is 0 Å². The molecular formula is C13H16ClIN4O. The number of amides is 1. The number of aromatic amines is 1. The third-order valence-electron chi connectivity index (χ3n) is 3.47. The molecule has 1 amide bonds. The maximum Gasteiger partial charge on any atom is 0.272 e. The summed E-state index contributed by atoms with van der Waals surface area (Å²) in [5.74, 6) is 0.418. The first kappa shape index (κ1) is 15.5. The monoisotopic (exact) mass is 406 g/mol. The summed E-state index contributed by atoms with van der Waals surface area (Å²) in [7, 11) is 0. The van der Waals surface area contributed by atoms with Crippen molar-refractivity contribution in [2.45, 2.75) is 18.9 Å². The van der Waals surface area contributed by atoms with Crippen LogP contribution in [0.15, 0.2) is 18.2 Å². The lowest BCUT2D eigenvalue weighted by atomic mass is 10.2. The number of rotatable bonds is 4. The third kappa shape index (κ3) is 3.24. The molecule has 20 heavy (non-hydrogen) atoms. The van der Waals surface area contributed by atoms with Gasteiger partial charge < -0.3 is 11.1 Å². The Morgan fingerprint density at radius 1 is 1.55 bits per heavy atom. The summed E-state index contributed by atoms with van der Waals surface area (Å²) < 4.78 is 1.08. The minimum absolute atomic E-state index is 0. The van der Waals surface area contributed by atoms with Gasteiger partial charge in [0, 0.05) is 21.5 Å². The van der Waals surface area contributed by atoms with E-state index < -0.39 is 0 Å². The van der Waals surface area contributed by atoms with E-state index in [1.807, 2.05) is 18.2 Å². The fourth-order valence-corrected chi connectivity index (χ4v) is 2.64. The molecule has 5 nitrogen and oxygen atoms in total. The van der Waals surface area contributed by atoms with E-state index >= 15 is 0 Å². The lowest BCUT2D eigenvalue weighted by Crippen LogP contribution is -2.38. The number of nitrogens with two attached hydrogens (primary N) is 1. The van der Waals surface area contributed by atoms with Crippen LogP contribution >= 0.6 is 35.0 Å². The molecular weight excluding hydrogens is 391 g/mol. The smallest absolute Gasteiger partial charge is 0.272 e. The molecule has 1 fully saturated rings. The van der Waals surface area contributed by atoms with Crippen LogP contribution in [0.5, 0.6) is 0 Å². The molecule has 1 aromatic heterocycles. The van der Waals surface area contributed by atoms with Gasteiger partial charge in [0.15, 0.2) is 5.69 Å². The van der Waals surface area contributed by atoms with Gasteiger partial charge in [0.05, 0.1) is 5.52 Å². The molecule has 1 aliphatic carbocycles. The van der Waals surface area contributed by atoms with Crippen LogP contribution in [0.1, 0.15) is 23.3 Å². The predicted octanol–water partition coefficient (Wildman–Crippen LogP) is 2.06. The lowest BCUT2D eigenvalue weighted by Gasteiger charge is -2.10. The van der Waals surface area contributed by atoms with Crippen LogP contribution in [-0.4, -0.2) is 28.7 Å². The zero-order chi connectivity index (χ0) is 13.4. The van der Waals surface area contributed by atoms with Crippen molar-refractivity contribution >= 4 is 51.8 Å². The Morgan fingerprint density at radius 3 is 3.00 bits per heavy atom. The van der Waals surface area contributed by atoms with E-state index in [0.29, 0.717) is 18.2 Å². The first-order valence-electron chi connectivity index (χ1n) is 6.32. The number of carbonyl (C=O) groups excluding carboxylic acids is 1. The molecule has 0 radical (unpaired) electrons. The molecule has 0 saturated heterocycles. The van der Waals surface area contributed by atoms with Gasteiger partial charge in [-0.2, -0.15) is 5.10 Å². The van der Waals surface area contributed by atoms with E-state index in [4.69, 9.17) is 5.73 Å². The number of nitrogens with one attached hydrogen (secondary N) is 2. The van der Waals surface area contributed by atoms with Crippen LogP contribution < -0.4 is 11.1 Å². The van der Waals surface area contributed by atoms with Gasteiger partial charge in [-0.1, -0.05) is 0 Å². The van der Waals surface area contributed by atoms with Crippen molar-refractivity contribution in [2.24, 2.45) is 11.7 Å². The number of hydrogen-bond donors (Lipinski definition) is 3. The Balaban J connectivity index is 0.00000147. The molecule has 1 unspecified atom stereocenters. The maximum absolute atomic E-state index is 12.1. The van der Waals surface area contributed by atoms with Crippen LogP contribution in [0.4, 0.5) is 0 Å². The number of aromatic nitrogens is 2. The molecule has 1 aromatic carbocycles. The molecule has 1 aliphatic rings. The van der Waals surface area contributed by atoms with Crippen LogP contribution in [0.25, 0.3) is 10.9 Å². The Hall–Kier alpha value is -0.860. The summed E-state index contributed by atoms with van der Waals surface area (Å²) in [6.45, 7) is 0.516. The topological polar surface area (TPSA) is 83.8 Å². The summed E-state index contributed by atoms with van der Waals surface area (Å²) in [5, 5.41) is 10.7. The zero-order valence-corrected chi connectivity index (χ0v) is 13.7. The summed E-state index contributed by atoms with van der Waals surface area (Å²) in [4.78, 5) is 12.1. The second-order valence-electron chi connectivity index (χ2n) is 4.97. The molecule has 0 aliphatic heterocycles. The van der Waals surface area contributed by atoms with Crippen molar-refractivity contribution in [1.29, 1.82) is 0 Å². The number of nitrogens with zero attached hydrogens (tertiary/aromatic N) is 1. The van der Waals surface area contributed by atoms with Crippen molar-refractivity contribution in [3.8, 4) is 0 Å². The van der Waals surface area contributed by atoms with Crippen molar-refractivity contribution in [1.82, 2.24) is 15.5 Å². The van der Waals surface area contributed by atoms with Gasteiger partial charge in [-0.15, -0.1) is 12.4 Å². The Kier molecular flexibility index (Phi) is 4.87. The number of H-pyrrole nitrogens is 1. The molecule has 108 valence electrons. The highest BCUT2D eigenvalue weighted by Gasteiger charge is 2.28. The van der Waals surface area contributed by atoms with E-state index in [0.717, 1.165) is 14.5 Å². The van der Waals surface area contributed by atoms with Gasteiger partial charge in [0.1, 0.15) is 0 Å². The van der Waals surface area contributed by atoms with E-state index in [1.54, 1.807) is 0 Å². The molecule has 7 heteroatoms. The predicted molar refractivity (Wildman–Crippen MR) is 89.1 cm³/mol. The molecule has 1 atom stereocenters. The highest BCUT2D eigenvalue weighted by molar-refractivity contribution is 14.1. The average molecular weight is 407 g/mol. The van der Waals surface area contributed by atoms with Gasteiger partial charge in [0.25, 0.3) is 5.91 Å². The van der Waals surface area contributed by atoms with Crippen molar-refractivity contribution in [2.75, 3.05) is 6.54 Å². The van der Waals surface area contributed by atoms with E-state index in [2.05, 4.69) is 38.1 Å². The fourth-order valence-electron chi connectivity index (χ4n) is 2.14. The Bertz CT molecular complexity index is 626. The molecule has 4 N–H and O–H groups in total. The quantitative estimate of drug-likeness (QED) is 0.680. The highest BCUT2D eigenvalue weighted by atomic mass is 127. The van der Waals surface area contributed by atoms with Crippen molar-refractivity contribution in [3.63, 3.8) is 0 Å². The Morgan fingerprint density at radius 2 is 2.30 bits per heavy atom. The number of benzene rings is 1. The van der Waals surface area contributed by atoms with Crippen molar-refractivity contribution in [3.05, 3.63) is 27.5 Å². The largest absolute Gasteiger partial charge is 0.349 e. The molecule has 0 bridgehead atoms. The number of hydrogen-bond acceptors (Lipinski definition) is 3. The third-order valence-corrected chi connectivity index (χ3v) is 4.14. The van der Waals surface area contributed by atoms with E-state index in [-0.39, 0.29) is 24.4 Å². The van der Waals surface area contributed by atoms with Gasteiger partial charge in [-0.3, -0.25) is 9.89 Å². The molecule has 3 rings (SSSR count). The van der Waals surface area contributed by atoms with Gasteiger partial charge in [-0.25, -0.2) is 0 Å². The first-order valence-corrected chi connectivity index (χ1v) is 7.40. The average Bonchev–Trinajstić information content (AvgIpc) is 3.16. The summed E-state index contributed by atoms with van der Waals surface area (Å²) in [5.41, 5.74) is 7.29. The van der Waals surface area contributed by atoms with Crippen LogP contribution in [-0.2, 0) is 0 Å². The van der Waals surface area contributed by atoms with Crippen LogP contribution in [0.3, 0.4) is 0 Å². The SMILES string of the molecule is Cl.NC(CNC(=O)c1n[nH]c2ccc(I)cc12)C1CC1. The lowest BCUT2D eigenvalue weighted by molar-refractivity contribution is 0.0947. The second-order valence-corrected chi connectivity index (χ2v) is 6.22. The highest BCUT2D eigenvalue weighted by Crippen LogP contribution is 2.31. The summed E-state index contributed by atoms with van der Waals surface area (Å²) >= 11 is 2.22.